The van der Waals surface area contributed by atoms with Crippen LogP contribution in [0.25, 0.3) is 0 Å². The molecule has 1 aromatic carbocycles. The van der Waals surface area contributed by atoms with E-state index in [1.54, 1.807) is 11.8 Å². The van der Waals surface area contributed by atoms with E-state index in [9.17, 15) is 0 Å². The molecular weight excluding hydrogens is 178 g/mol. The largest absolute Gasteiger partial charge is 0.192 e. The maximum atomic E-state index is 8.89. The number of hydrogen-bond donors (Lipinski definition) is 0. The number of nitrogens with zero attached hydrogens (tertiary/aromatic N) is 1. The number of benzene rings is 1. The Morgan fingerprint density at radius 3 is 2.54 bits per heavy atom. The average Bonchev–Trinajstić information content (AvgIpc) is 2.16. The molecule has 1 aromatic rings. The fourth-order valence-corrected chi connectivity index (χ4v) is 2.20. The molecule has 0 bridgehead atoms. The minimum absolute atomic E-state index is 0.482. The van der Waals surface area contributed by atoms with Crippen LogP contribution in [0.2, 0.25) is 0 Å². The Kier molecular flexibility index (Phi) is 3.39. The Morgan fingerprint density at radius 1 is 1.38 bits per heavy atom. The third kappa shape index (κ3) is 2.05. The molecule has 0 N–H and O–H groups in total. The van der Waals surface area contributed by atoms with Gasteiger partial charge >= 0.3 is 0 Å². The zero-order valence-corrected chi connectivity index (χ0v) is 8.98. The lowest BCUT2D eigenvalue weighted by Gasteiger charge is -2.11. The molecule has 0 atom stereocenters. The van der Waals surface area contributed by atoms with Crippen LogP contribution in [0.5, 0.6) is 0 Å². The van der Waals surface area contributed by atoms with E-state index in [2.05, 4.69) is 26.0 Å². The number of rotatable bonds is 2. The predicted octanol–water partition coefficient (Wildman–Crippen LogP) is 3.40. The summed E-state index contributed by atoms with van der Waals surface area (Å²) in [5, 5.41) is 8.89. The van der Waals surface area contributed by atoms with Crippen LogP contribution < -0.4 is 0 Å². The zero-order valence-electron chi connectivity index (χ0n) is 8.16. The summed E-state index contributed by atoms with van der Waals surface area (Å²) in [5.74, 6) is 0.482. The van der Waals surface area contributed by atoms with Gasteiger partial charge < -0.3 is 0 Å². The molecule has 0 heterocycles. The van der Waals surface area contributed by atoms with Crippen LogP contribution >= 0.6 is 11.8 Å². The Bertz CT molecular complexity index is 336. The van der Waals surface area contributed by atoms with E-state index < -0.39 is 0 Å². The van der Waals surface area contributed by atoms with Gasteiger partial charge in [-0.05, 0) is 23.8 Å². The zero-order chi connectivity index (χ0) is 9.84. The second-order valence-electron chi connectivity index (χ2n) is 3.19. The summed E-state index contributed by atoms with van der Waals surface area (Å²) in [6.45, 7) is 4.30. The first-order chi connectivity index (χ1) is 6.20. The normalized spacial score (nSPS) is 10.1. The van der Waals surface area contributed by atoms with Gasteiger partial charge in [0.15, 0.2) is 0 Å². The first-order valence-corrected chi connectivity index (χ1v) is 5.50. The van der Waals surface area contributed by atoms with Crippen LogP contribution in [0.15, 0.2) is 23.1 Å². The Morgan fingerprint density at radius 2 is 2.08 bits per heavy atom. The first kappa shape index (κ1) is 10.1. The first-order valence-electron chi connectivity index (χ1n) is 4.27. The molecule has 0 radical (unpaired) electrons. The highest BCUT2D eigenvalue weighted by Crippen LogP contribution is 2.29. The molecule has 0 fully saturated rings. The summed E-state index contributed by atoms with van der Waals surface area (Å²) < 4.78 is 0. The van der Waals surface area contributed by atoms with Crippen LogP contribution in [-0.4, -0.2) is 6.26 Å². The molecule has 1 nitrogen and oxygen atoms in total. The maximum absolute atomic E-state index is 8.89. The van der Waals surface area contributed by atoms with Gasteiger partial charge in [-0.15, -0.1) is 11.8 Å². The minimum Gasteiger partial charge on any atom is -0.192 e. The summed E-state index contributed by atoms with van der Waals surface area (Å²) in [6, 6.07) is 8.14. The Labute approximate surface area is 83.8 Å². The van der Waals surface area contributed by atoms with Gasteiger partial charge in [-0.1, -0.05) is 26.0 Å². The van der Waals surface area contributed by atoms with Gasteiger partial charge in [-0.3, -0.25) is 0 Å². The molecule has 0 spiro atoms. The SMILES string of the molecule is CSc1c(C#N)cccc1C(C)C. The highest BCUT2D eigenvalue weighted by Gasteiger charge is 2.09. The van der Waals surface area contributed by atoms with Crippen molar-refractivity contribution in [3.05, 3.63) is 29.3 Å². The highest BCUT2D eigenvalue weighted by molar-refractivity contribution is 7.98. The van der Waals surface area contributed by atoms with Crippen LogP contribution in [0.3, 0.4) is 0 Å². The van der Waals surface area contributed by atoms with E-state index in [0.717, 1.165) is 10.5 Å². The third-order valence-electron chi connectivity index (χ3n) is 1.99. The summed E-state index contributed by atoms with van der Waals surface area (Å²) in [5.41, 5.74) is 2.06. The molecule has 0 aliphatic carbocycles. The quantitative estimate of drug-likeness (QED) is 0.669. The lowest BCUT2D eigenvalue weighted by molar-refractivity contribution is 0.841. The van der Waals surface area contributed by atoms with E-state index in [1.807, 2.05) is 18.4 Å². The minimum atomic E-state index is 0.482. The standard InChI is InChI=1S/C11H13NS/c1-8(2)10-6-4-5-9(7-12)11(10)13-3/h4-6,8H,1-3H3. The molecule has 0 saturated carbocycles. The van der Waals surface area contributed by atoms with E-state index in [1.165, 1.54) is 5.56 Å². The van der Waals surface area contributed by atoms with Crippen molar-refractivity contribution >= 4 is 11.8 Å². The van der Waals surface area contributed by atoms with Crippen molar-refractivity contribution in [3.63, 3.8) is 0 Å². The predicted molar refractivity (Wildman–Crippen MR) is 57.0 cm³/mol. The smallest absolute Gasteiger partial charge is 0.100 e. The molecule has 0 aliphatic heterocycles. The monoisotopic (exact) mass is 191 g/mol. The third-order valence-corrected chi connectivity index (χ3v) is 2.86. The van der Waals surface area contributed by atoms with E-state index in [4.69, 9.17) is 5.26 Å². The van der Waals surface area contributed by atoms with Gasteiger partial charge in [0, 0.05) is 4.90 Å². The van der Waals surface area contributed by atoms with Crippen LogP contribution in [0.1, 0.15) is 30.9 Å². The molecule has 0 unspecified atom stereocenters. The number of nitriles is 1. The molecular formula is C11H13NS. The fraction of sp³-hybridized carbons (Fsp3) is 0.364. The van der Waals surface area contributed by atoms with Crippen molar-refractivity contribution < 1.29 is 0 Å². The van der Waals surface area contributed by atoms with E-state index >= 15 is 0 Å². The van der Waals surface area contributed by atoms with Gasteiger partial charge in [-0.2, -0.15) is 5.26 Å². The van der Waals surface area contributed by atoms with Crippen LogP contribution in [-0.2, 0) is 0 Å². The topological polar surface area (TPSA) is 23.8 Å². The van der Waals surface area contributed by atoms with E-state index in [0.29, 0.717) is 5.92 Å². The van der Waals surface area contributed by atoms with Crippen LogP contribution in [0, 0.1) is 11.3 Å². The summed E-state index contributed by atoms with van der Waals surface area (Å²) in [7, 11) is 0. The van der Waals surface area contributed by atoms with Crippen molar-refractivity contribution in [3.8, 4) is 6.07 Å². The molecule has 0 saturated heterocycles. The Balaban J connectivity index is 3.29. The highest BCUT2D eigenvalue weighted by atomic mass is 32.2. The van der Waals surface area contributed by atoms with E-state index in [-0.39, 0.29) is 0 Å². The second kappa shape index (κ2) is 4.34. The van der Waals surface area contributed by atoms with Crippen molar-refractivity contribution in [2.24, 2.45) is 0 Å². The summed E-state index contributed by atoms with van der Waals surface area (Å²) in [6.07, 6.45) is 2.02. The van der Waals surface area contributed by atoms with Crippen molar-refractivity contribution in [1.29, 1.82) is 5.26 Å². The lowest BCUT2D eigenvalue weighted by Crippen LogP contribution is -1.93. The average molecular weight is 191 g/mol. The van der Waals surface area contributed by atoms with Crippen LogP contribution in [0.4, 0.5) is 0 Å². The van der Waals surface area contributed by atoms with Gasteiger partial charge in [0.2, 0.25) is 0 Å². The number of hydrogen-bond acceptors (Lipinski definition) is 2. The van der Waals surface area contributed by atoms with Crippen molar-refractivity contribution in [1.82, 2.24) is 0 Å². The second-order valence-corrected chi connectivity index (χ2v) is 4.01. The van der Waals surface area contributed by atoms with Gasteiger partial charge in [0.25, 0.3) is 0 Å². The molecule has 0 amide bonds. The Hall–Kier alpha value is -0.940. The fourth-order valence-electron chi connectivity index (χ4n) is 1.33. The van der Waals surface area contributed by atoms with Gasteiger partial charge in [0.05, 0.1) is 5.56 Å². The van der Waals surface area contributed by atoms with Crippen molar-refractivity contribution in [2.75, 3.05) is 6.26 Å². The molecule has 13 heavy (non-hydrogen) atoms. The lowest BCUT2D eigenvalue weighted by atomic mass is 10.0. The number of thioether (sulfide) groups is 1. The molecule has 2 heteroatoms. The van der Waals surface area contributed by atoms with Gasteiger partial charge in [-0.25, -0.2) is 0 Å². The maximum Gasteiger partial charge on any atom is 0.100 e. The summed E-state index contributed by atoms with van der Waals surface area (Å²) in [4.78, 5) is 1.13. The molecule has 0 aliphatic rings. The van der Waals surface area contributed by atoms with Crippen molar-refractivity contribution in [2.45, 2.75) is 24.7 Å². The molecule has 0 aromatic heterocycles. The van der Waals surface area contributed by atoms with Gasteiger partial charge in [0.1, 0.15) is 6.07 Å². The molecule has 68 valence electrons. The molecule has 1 rings (SSSR count). The summed E-state index contributed by atoms with van der Waals surface area (Å²) >= 11 is 1.65.